The highest BCUT2D eigenvalue weighted by Gasteiger charge is 2.50. The van der Waals surface area contributed by atoms with Crippen molar-refractivity contribution in [2.75, 3.05) is 13.2 Å². The molecule has 1 saturated heterocycles. The number of ether oxygens (including phenoxy) is 5. The average molecular weight is 1030 g/mol. The Morgan fingerprint density at radius 2 is 0.836 bits per heavy atom. The van der Waals surface area contributed by atoms with Crippen molar-refractivity contribution >= 4 is 23.9 Å². The lowest BCUT2D eigenvalue weighted by Crippen LogP contribution is -2.61. The standard InChI is InChI=1S/C61H104O12/c1-4-7-10-13-16-19-22-24-25-26-27-28-29-31-33-35-38-41-44-47-53(62)69-50-52(71-54(63)48-45-42-39-37-34-30-23-20-17-14-11-8-5-2)51-70-61-59(57(66)56(65)58(73-61)60(67)68)72-55(64)49-46-43-40-36-32-21-18-15-12-9-6-3/h15-16,18-20,23-25,27-28,52,56-59,61,65-66H,4-14,17,21-22,26,29-51H2,1-3H3,(H,67,68)/b18-15-,19-16-,23-20-,25-24-,28-27-. The predicted molar refractivity (Wildman–Crippen MR) is 294 cm³/mol. The second-order valence-electron chi connectivity index (χ2n) is 19.9. The number of aliphatic hydroxyl groups excluding tert-OH is 2. The molecule has 1 heterocycles. The summed E-state index contributed by atoms with van der Waals surface area (Å²) < 4.78 is 28.4. The van der Waals surface area contributed by atoms with E-state index in [0.29, 0.717) is 19.3 Å². The van der Waals surface area contributed by atoms with Crippen molar-refractivity contribution in [3.63, 3.8) is 0 Å². The average Bonchev–Trinajstić information content (AvgIpc) is 3.37. The van der Waals surface area contributed by atoms with Crippen molar-refractivity contribution in [3.8, 4) is 0 Å². The fourth-order valence-corrected chi connectivity index (χ4v) is 8.47. The SMILES string of the molecule is CCCC/C=C\CCCCCCCC(=O)OC1C(OCC(COC(=O)CCCCCCCC/C=C\C/C=C\C/C=C\CCCCC)OC(=O)CCCCCCC/C=C\CCCCCC)OC(C(=O)O)C(O)C1O. The normalized spacial score (nSPS) is 18.7. The number of hydrogen-bond donors (Lipinski definition) is 3. The number of carboxylic acids is 1. The molecule has 3 N–H and O–H groups in total. The van der Waals surface area contributed by atoms with Crippen molar-refractivity contribution < 1.29 is 58.2 Å². The summed E-state index contributed by atoms with van der Waals surface area (Å²) >= 11 is 0. The van der Waals surface area contributed by atoms with E-state index in [-0.39, 0.29) is 25.9 Å². The Labute approximate surface area is 443 Å². The first-order chi connectivity index (χ1) is 35.6. The first kappa shape index (κ1) is 67.4. The van der Waals surface area contributed by atoms with Crippen LogP contribution in [0, 0.1) is 0 Å². The molecule has 1 rings (SSSR count). The van der Waals surface area contributed by atoms with Gasteiger partial charge in [0.05, 0.1) is 6.61 Å². The fraction of sp³-hybridized carbons (Fsp3) is 0.770. The quantitative estimate of drug-likeness (QED) is 0.0228. The molecule has 0 radical (unpaired) electrons. The zero-order valence-corrected chi connectivity index (χ0v) is 46.1. The van der Waals surface area contributed by atoms with E-state index >= 15 is 0 Å². The molecule has 0 aliphatic carbocycles. The van der Waals surface area contributed by atoms with Crippen LogP contribution in [0.3, 0.4) is 0 Å². The van der Waals surface area contributed by atoms with Gasteiger partial charge in [-0.05, 0) is 103 Å². The van der Waals surface area contributed by atoms with Gasteiger partial charge in [0.2, 0.25) is 0 Å². The number of unbranched alkanes of at least 4 members (excludes halogenated alkanes) is 25. The Morgan fingerprint density at radius 1 is 0.452 bits per heavy atom. The molecule has 6 unspecified atom stereocenters. The number of aliphatic carboxylic acids is 1. The molecule has 0 saturated carbocycles. The molecular formula is C61H104O12. The van der Waals surface area contributed by atoms with Crippen LogP contribution in [0.25, 0.3) is 0 Å². The number of aliphatic hydroxyl groups is 2. The van der Waals surface area contributed by atoms with Crippen LogP contribution in [0.1, 0.15) is 252 Å². The molecule has 1 aliphatic rings. The smallest absolute Gasteiger partial charge is 0.335 e. The molecule has 73 heavy (non-hydrogen) atoms. The minimum atomic E-state index is -1.91. The molecule has 0 aromatic heterocycles. The summed E-state index contributed by atoms with van der Waals surface area (Å²) in [6.45, 7) is 5.88. The topological polar surface area (TPSA) is 175 Å². The van der Waals surface area contributed by atoms with Gasteiger partial charge in [-0.1, -0.05) is 191 Å². The number of hydrogen-bond acceptors (Lipinski definition) is 11. The van der Waals surface area contributed by atoms with Gasteiger partial charge in [0, 0.05) is 19.3 Å². The van der Waals surface area contributed by atoms with E-state index in [1.54, 1.807) is 0 Å². The van der Waals surface area contributed by atoms with Gasteiger partial charge in [-0.2, -0.15) is 0 Å². The Balaban J connectivity index is 2.69. The maximum Gasteiger partial charge on any atom is 0.335 e. The molecule has 0 bridgehead atoms. The highest BCUT2D eigenvalue weighted by molar-refractivity contribution is 5.74. The maximum atomic E-state index is 13.1. The minimum Gasteiger partial charge on any atom is -0.479 e. The van der Waals surface area contributed by atoms with Crippen molar-refractivity contribution in [2.45, 2.75) is 289 Å². The Morgan fingerprint density at radius 3 is 1.33 bits per heavy atom. The third-order valence-corrected chi connectivity index (χ3v) is 13.0. The largest absolute Gasteiger partial charge is 0.479 e. The number of allylic oxidation sites excluding steroid dienone is 10. The molecule has 420 valence electrons. The molecule has 0 aromatic rings. The molecular weight excluding hydrogens is 925 g/mol. The predicted octanol–water partition coefficient (Wildman–Crippen LogP) is 14.8. The summed E-state index contributed by atoms with van der Waals surface area (Å²) in [6.07, 6.45) is 47.7. The Kier molecular flexibility index (Phi) is 45.5. The number of carbonyl (C=O) groups excluding carboxylic acids is 3. The highest BCUT2D eigenvalue weighted by Crippen LogP contribution is 2.26. The fourth-order valence-electron chi connectivity index (χ4n) is 8.47. The van der Waals surface area contributed by atoms with Gasteiger partial charge in [0.15, 0.2) is 24.6 Å². The van der Waals surface area contributed by atoms with Crippen LogP contribution in [-0.4, -0.2) is 89.2 Å². The van der Waals surface area contributed by atoms with Crippen LogP contribution in [-0.2, 0) is 42.9 Å². The van der Waals surface area contributed by atoms with Crippen molar-refractivity contribution in [3.05, 3.63) is 60.8 Å². The lowest BCUT2D eigenvalue weighted by atomic mass is 9.98. The van der Waals surface area contributed by atoms with Crippen LogP contribution >= 0.6 is 0 Å². The molecule has 12 nitrogen and oxygen atoms in total. The second-order valence-corrected chi connectivity index (χ2v) is 19.9. The van der Waals surface area contributed by atoms with E-state index in [0.717, 1.165) is 128 Å². The lowest BCUT2D eigenvalue weighted by Gasteiger charge is -2.40. The number of carboxylic acid groups (broad SMARTS) is 1. The van der Waals surface area contributed by atoms with E-state index in [2.05, 4.69) is 81.5 Å². The highest BCUT2D eigenvalue weighted by atomic mass is 16.7. The van der Waals surface area contributed by atoms with Crippen LogP contribution in [0.15, 0.2) is 60.8 Å². The van der Waals surface area contributed by atoms with Gasteiger partial charge in [-0.3, -0.25) is 14.4 Å². The van der Waals surface area contributed by atoms with Crippen LogP contribution in [0.5, 0.6) is 0 Å². The summed E-state index contributed by atoms with van der Waals surface area (Å²) in [5, 5.41) is 31.4. The van der Waals surface area contributed by atoms with Gasteiger partial charge in [-0.15, -0.1) is 0 Å². The molecule has 12 heteroatoms. The van der Waals surface area contributed by atoms with Crippen LogP contribution in [0.4, 0.5) is 0 Å². The summed E-state index contributed by atoms with van der Waals surface area (Å²) in [5.41, 5.74) is 0. The molecule has 1 aliphatic heterocycles. The van der Waals surface area contributed by atoms with Crippen LogP contribution < -0.4 is 0 Å². The van der Waals surface area contributed by atoms with Gasteiger partial charge in [0.25, 0.3) is 0 Å². The van der Waals surface area contributed by atoms with Gasteiger partial charge in [0.1, 0.15) is 18.8 Å². The molecule has 0 aromatic carbocycles. The monoisotopic (exact) mass is 1030 g/mol. The van der Waals surface area contributed by atoms with Gasteiger partial charge < -0.3 is 39.0 Å². The number of carbonyl (C=O) groups is 4. The molecule has 1 fully saturated rings. The maximum absolute atomic E-state index is 13.1. The zero-order chi connectivity index (χ0) is 53.3. The zero-order valence-electron chi connectivity index (χ0n) is 46.1. The number of esters is 3. The van der Waals surface area contributed by atoms with Gasteiger partial charge in [-0.25, -0.2) is 4.79 Å². The summed E-state index contributed by atoms with van der Waals surface area (Å²) in [6, 6.07) is 0. The first-order valence-electron chi connectivity index (χ1n) is 29.3. The van der Waals surface area contributed by atoms with E-state index in [4.69, 9.17) is 23.7 Å². The number of rotatable bonds is 49. The van der Waals surface area contributed by atoms with Crippen molar-refractivity contribution in [1.29, 1.82) is 0 Å². The summed E-state index contributed by atoms with van der Waals surface area (Å²) in [4.78, 5) is 51.0. The van der Waals surface area contributed by atoms with Gasteiger partial charge >= 0.3 is 23.9 Å². The second kappa shape index (κ2) is 49.3. The van der Waals surface area contributed by atoms with Crippen LogP contribution in [0.2, 0.25) is 0 Å². The third-order valence-electron chi connectivity index (χ3n) is 13.0. The first-order valence-corrected chi connectivity index (χ1v) is 29.3. The van der Waals surface area contributed by atoms with E-state index in [1.807, 2.05) is 0 Å². The third kappa shape index (κ3) is 39.5. The van der Waals surface area contributed by atoms with E-state index in [9.17, 15) is 34.5 Å². The summed E-state index contributed by atoms with van der Waals surface area (Å²) in [5.74, 6) is -3.15. The molecule has 0 amide bonds. The lowest BCUT2D eigenvalue weighted by molar-refractivity contribution is -0.301. The molecule has 6 atom stereocenters. The van der Waals surface area contributed by atoms with Crippen molar-refractivity contribution in [1.82, 2.24) is 0 Å². The van der Waals surface area contributed by atoms with E-state index in [1.165, 1.54) is 64.2 Å². The molecule has 0 spiro atoms. The Bertz CT molecular complexity index is 1500. The van der Waals surface area contributed by atoms with Crippen molar-refractivity contribution in [2.24, 2.45) is 0 Å². The van der Waals surface area contributed by atoms with E-state index < -0.39 is 67.3 Å². The summed E-state index contributed by atoms with van der Waals surface area (Å²) in [7, 11) is 0. The Hall–Kier alpha value is -3.58. The minimum absolute atomic E-state index is 0.0472.